The molecule has 2 N–H and O–H groups in total. The van der Waals surface area contributed by atoms with Crippen LogP contribution in [0.2, 0.25) is 0 Å². The second kappa shape index (κ2) is 13.0. The van der Waals surface area contributed by atoms with Gasteiger partial charge in [0.25, 0.3) is 5.91 Å². The third-order valence-electron chi connectivity index (χ3n) is 6.09. The third-order valence-corrected chi connectivity index (χ3v) is 6.85. The van der Waals surface area contributed by atoms with Gasteiger partial charge in [-0.1, -0.05) is 30.3 Å². The molecule has 12 nitrogen and oxygen atoms in total. The molecule has 40 heavy (non-hydrogen) atoms. The summed E-state index contributed by atoms with van der Waals surface area (Å²) in [5, 5.41) is 6.84. The normalized spacial score (nSPS) is 15.4. The van der Waals surface area contributed by atoms with Crippen molar-refractivity contribution in [1.29, 1.82) is 0 Å². The van der Waals surface area contributed by atoms with Gasteiger partial charge in [-0.15, -0.1) is 11.3 Å². The van der Waals surface area contributed by atoms with E-state index < -0.39 is 35.9 Å². The number of carbonyl (C=O) groups excluding carboxylic acids is 4. The molecular weight excluding hydrogens is 540 g/mol. The molecule has 1 fully saturated rings. The number of imide groups is 1. The average Bonchev–Trinajstić information content (AvgIpc) is 3.55. The van der Waals surface area contributed by atoms with Crippen LogP contribution in [0.1, 0.15) is 27.7 Å². The quantitative estimate of drug-likeness (QED) is 0.191. The monoisotopic (exact) mass is 568 g/mol. The molecule has 1 aliphatic rings. The first-order chi connectivity index (χ1) is 19.4. The van der Waals surface area contributed by atoms with Gasteiger partial charge in [-0.25, -0.2) is 19.5 Å². The highest BCUT2D eigenvalue weighted by Crippen LogP contribution is 2.29. The highest BCUT2D eigenvalue weighted by molar-refractivity contribution is 7.14. The fourth-order valence-corrected chi connectivity index (χ4v) is 4.80. The smallest absolute Gasteiger partial charge is 0.357 e. The van der Waals surface area contributed by atoms with Gasteiger partial charge < -0.3 is 29.6 Å². The first kappa shape index (κ1) is 28.5. The van der Waals surface area contributed by atoms with Crippen LogP contribution in [0.5, 0.6) is 11.5 Å². The molecule has 2 aromatic carbocycles. The molecule has 4 amide bonds. The van der Waals surface area contributed by atoms with E-state index in [4.69, 9.17) is 14.2 Å². The summed E-state index contributed by atoms with van der Waals surface area (Å²) in [4.78, 5) is 57.1. The number of hydrogen-bond donors (Lipinski definition) is 2. The zero-order valence-corrected chi connectivity index (χ0v) is 22.9. The number of urea groups is 1. The number of para-hydroxylation sites is 1. The first-order valence-electron chi connectivity index (χ1n) is 12.2. The van der Waals surface area contributed by atoms with E-state index >= 15 is 0 Å². The van der Waals surface area contributed by atoms with Crippen molar-refractivity contribution >= 4 is 40.3 Å². The lowest BCUT2D eigenvalue weighted by molar-refractivity contribution is -0.134. The first-order valence-corrected chi connectivity index (χ1v) is 13.1. The van der Waals surface area contributed by atoms with Crippen molar-refractivity contribution < 1.29 is 38.1 Å². The zero-order valence-electron chi connectivity index (χ0n) is 22.0. The molecule has 2 atom stereocenters. The molecule has 0 saturated carbocycles. The Morgan fingerprint density at radius 1 is 1.07 bits per heavy atom. The van der Waals surface area contributed by atoms with E-state index in [2.05, 4.69) is 20.4 Å². The Hall–Kier alpha value is -4.49. The van der Waals surface area contributed by atoms with Crippen molar-refractivity contribution in [2.75, 3.05) is 39.9 Å². The Morgan fingerprint density at radius 2 is 1.82 bits per heavy atom. The van der Waals surface area contributed by atoms with Crippen LogP contribution in [0, 0.1) is 0 Å². The summed E-state index contributed by atoms with van der Waals surface area (Å²) in [6.45, 7) is 0.789. The minimum absolute atomic E-state index is 0.0220. The van der Waals surface area contributed by atoms with Crippen molar-refractivity contribution in [2.24, 2.45) is 0 Å². The highest BCUT2D eigenvalue weighted by Gasteiger charge is 2.45. The molecule has 1 unspecified atom stereocenters. The number of anilines is 1. The van der Waals surface area contributed by atoms with Gasteiger partial charge in [0.15, 0.2) is 10.8 Å². The molecule has 1 saturated heterocycles. The summed E-state index contributed by atoms with van der Waals surface area (Å²) < 4.78 is 20.6. The predicted molar refractivity (Wildman–Crippen MR) is 145 cm³/mol. The number of carbonyl (C=O) groups is 4. The average molecular weight is 569 g/mol. The van der Waals surface area contributed by atoms with E-state index in [1.54, 1.807) is 55.6 Å². The number of aromatic nitrogens is 1. The number of esters is 1. The zero-order chi connectivity index (χ0) is 28.6. The van der Waals surface area contributed by atoms with Gasteiger partial charge >= 0.3 is 12.0 Å². The van der Waals surface area contributed by atoms with Crippen LogP contribution in [0.4, 0.5) is 9.93 Å². The summed E-state index contributed by atoms with van der Waals surface area (Å²) >= 11 is 1.01. The molecule has 2 heterocycles. The second-order valence-electron chi connectivity index (χ2n) is 8.55. The summed E-state index contributed by atoms with van der Waals surface area (Å²) in [5.41, 5.74) is 1.16. The number of rotatable bonds is 12. The molecule has 0 aliphatic carbocycles. The molecule has 1 aromatic heterocycles. The van der Waals surface area contributed by atoms with E-state index in [1.165, 1.54) is 19.6 Å². The number of methoxy groups -OCH3 is 3. The van der Waals surface area contributed by atoms with Crippen LogP contribution >= 0.6 is 11.3 Å². The molecule has 0 bridgehead atoms. The Bertz CT molecular complexity index is 1380. The molecule has 0 spiro atoms. The standard InChI is InChI=1S/C27H28N4O8S/c1-36-12-13-39-18-10-8-16(9-11-18)22-24(33)31(27(35)29-22)20(14-17-6-4-5-7-21(17)37-2)23(32)30-26-28-19(15-40-26)25(34)38-3/h4-11,15,20,22H,12-14H2,1-3H3,(H,29,35)(H,28,30,32)/t20-,22?/m0/s1. The number of benzene rings is 2. The van der Waals surface area contributed by atoms with Crippen LogP contribution < -0.4 is 20.1 Å². The Morgan fingerprint density at radius 3 is 2.52 bits per heavy atom. The number of hydrogen-bond acceptors (Lipinski definition) is 10. The number of thiazole rings is 1. The highest BCUT2D eigenvalue weighted by atomic mass is 32.1. The van der Waals surface area contributed by atoms with Crippen molar-refractivity contribution in [1.82, 2.24) is 15.2 Å². The summed E-state index contributed by atoms with van der Waals surface area (Å²) in [7, 11) is 4.29. The number of amides is 4. The molecule has 3 aromatic rings. The minimum atomic E-state index is -1.25. The number of nitrogens with zero attached hydrogens (tertiary/aromatic N) is 2. The van der Waals surface area contributed by atoms with E-state index in [-0.39, 0.29) is 17.2 Å². The summed E-state index contributed by atoms with van der Waals surface area (Å²) in [5.74, 6) is -0.840. The van der Waals surface area contributed by atoms with Crippen molar-refractivity contribution in [2.45, 2.75) is 18.5 Å². The SMILES string of the molecule is COCCOc1ccc(C2NC(=O)N([C@@H](Cc3ccccc3OC)C(=O)Nc3nc(C(=O)OC)cs3)C2=O)cc1. The van der Waals surface area contributed by atoms with Gasteiger partial charge in [0.05, 0.1) is 20.8 Å². The van der Waals surface area contributed by atoms with Gasteiger partial charge in [0.1, 0.15) is 30.2 Å². The Balaban J connectivity index is 1.59. The maximum Gasteiger partial charge on any atom is 0.357 e. The van der Waals surface area contributed by atoms with Gasteiger partial charge in [-0.3, -0.25) is 9.59 Å². The molecular formula is C27H28N4O8S. The lowest BCUT2D eigenvalue weighted by Gasteiger charge is -2.25. The van der Waals surface area contributed by atoms with E-state index in [0.717, 1.165) is 16.2 Å². The van der Waals surface area contributed by atoms with E-state index in [9.17, 15) is 19.2 Å². The van der Waals surface area contributed by atoms with Gasteiger partial charge in [-0.2, -0.15) is 0 Å². The lowest BCUT2D eigenvalue weighted by Crippen LogP contribution is -2.49. The van der Waals surface area contributed by atoms with Crippen LogP contribution in [0.15, 0.2) is 53.9 Å². The minimum Gasteiger partial charge on any atom is -0.496 e. The van der Waals surface area contributed by atoms with Gasteiger partial charge in [0, 0.05) is 18.9 Å². The third kappa shape index (κ3) is 6.38. The topological polar surface area (TPSA) is 145 Å². The number of nitrogens with one attached hydrogen (secondary N) is 2. The van der Waals surface area contributed by atoms with Crippen molar-refractivity contribution in [3.63, 3.8) is 0 Å². The molecule has 4 rings (SSSR count). The van der Waals surface area contributed by atoms with Crippen LogP contribution in [-0.4, -0.2) is 74.3 Å². The van der Waals surface area contributed by atoms with Crippen LogP contribution in [-0.2, 0) is 25.5 Å². The fourth-order valence-electron chi connectivity index (χ4n) is 4.11. The van der Waals surface area contributed by atoms with Gasteiger partial charge in [-0.05, 0) is 29.3 Å². The second-order valence-corrected chi connectivity index (χ2v) is 9.41. The van der Waals surface area contributed by atoms with E-state index in [1.807, 2.05) is 0 Å². The van der Waals surface area contributed by atoms with Crippen LogP contribution in [0.3, 0.4) is 0 Å². The predicted octanol–water partition coefficient (Wildman–Crippen LogP) is 2.81. The number of ether oxygens (including phenoxy) is 4. The van der Waals surface area contributed by atoms with Crippen LogP contribution in [0.25, 0.3) is 0 Å². The lowest BCUT2D eigenvalue weighted by atomic mass is 10.0. The molecule has 1 aliphatic heterocycles. The Labute approximate surface area is 234 Å². The molecule has 13 heteroatoms. The van der Waals surface area contributed by atoms with Gasteiger partial charge in [0.2, 0.25) is 5.91 Å². The van der Waals surface area contributed by atoms with Crippen molar-refractivity contribution in [3.8, 4) is 11.5 Å². The fraction of sp³-hybridized carbons (Fsp3) is 0.296. The maximum atomic E-state index is 13.6. The van der Waals surface area contributed by atoms with E-state index in [0.29, 0.717) is 35.8 Å². The largest absolute Gasteiger partial charge is 0.496 e. The summed E-state index contributed by atoms with van der Waals surface area (Å²) in [6, 6.07) is 10.8. The summed E-state index contributed by atoms with van der Waals surface area (Å²) in [6.07, 6.45) is -0.0246. The van der Waals surface area contributed by atoms with Crippen molar-refractivity contribution in [3.05, 3.63) is 70.7 Å². The maximum absolute atomic E-state index is 13.6. The molecule has 0 radical (unpaired) electrons. The Kier molecular flexibility index (Phi) is 9.30. The molecule has 210 valence electrons.